The fourth-order valence-electron chi connectivity index (χ4n) is 0.470. The van der Waals surface area contributed by atoms with Crippen molar-refractivity contribution in [2.75, 3.05) is 27.7 Å². The molecule has 0 amide bonds. The third-order valence-electron chi connectivity index (χ3n) is 1.17. The van der Waals surface area contributed by atoms with Crippen LogP contribution in [0.15, 0.2) is 11.6 Å². The zero-order valence-corrected chi connectivity index (χ0v) is 7.31. The van der Waals surface area contributed by atoms with Crippen LogP contribution in [-0.4, -0.2) is 32.2 Å². The van der Waals surface area contributed by atoms with Crippen LogP contribution in [0.5, 0.6) is 0 Å². The maximum absolute atomic E-state index is 5.18. The van der Waals surface area contributed by atoms with Crippen LogP contribution >= 0.6 is 0 Å². The van der Waals surface area contributed by atoms with Gasteiger partial charge in [-0.2, -0.15) is 0 Å². The van der Waals surface area contributed by atoms with E-state index in [1.54, 1.807) is 0 Å². The van der Waals surface area contributed by atoms with Crippen LogP contribution in [0, 0.1) is 12.3 Å². The molecule has 0 spiro atoms. The van der Waals surface area contributed by atoms with Gasteiger partial charge in [0.1, 0.15) is 0 Å². The van der Waals surface area contributed by atoms with Gasteiger partial charge in [-0.3, -0.25) is 0 Å². The first-order chi connectivity index (χ1) is 4.45. The SMILES string of the molecule is C#C/C(C)=C\C[N+](C)(C)C. The molecule has 10 heavy (non-hydrogen) atoms. The van der Waals surface area contributed by atoms with Gasteiger partial charge in [0.05, 0.1) is 27.7 Å². The molecule has 0 N–H and O–H groups in total. The van der Waals surface area contributed by atoms with Crippen LogP contribution in [0.4, 0.5) is 0 Å². The Labute approximate surface area is 63.9 Å². The summed E-state index contributed by atoms with van der Waals surface area (Å²) in [4.78, 5) is 0. The third kappa shape index (κ3) is 5.40. The van der Waals surface area contributed by atoms with Crippen molar-refractivity contribution in [3.63, 3.8) is 0 Å². The number of hydrogen-bond donors (Lipinski definition) is 0. The van der Waals surface area contributed by atoms with Gasteiger partial charge in [0.25, 0.3) is 0 Å². The highest BCUT2D eigenvalue weighted by Crippen LogP contribution is 1.94. The van der Waals surface area contributed by atoms with Gasteiger partial charge < -0.3 is 4.48 Å². The summed E-state index contributed by atoms with van der Waals surface area (Å²) in [6.07, 6.45) is 7.26. The van der Waals surface area contributed by atoms with E-state index in [1.807, 2.05) is 6.92 Å². The number of quaternary nitrogens is 1. The number of terminal acetylenes is 1. The van der Waals surface area contributed by atoms with Crippen molar-refractivity contribution in [1.29, 1.82) is 0 Å². The first kappa shape index (κ1) is 9.26. The van der Waals surface area contributed by atoms with E-state index in [4.69, 9.17) is 6.42 Å². The van der Waals surface area contributed by atoms with Crippen LogP contribution in [0.25, 0.3) is 0 Å². The van der Waals surface area contributed by atoms with Crippen LogP contribution in [0.3, 0.4) is 0 Å². The Bertz CT molecular complexity index is 164. The summed E-state index contributed by atoms with van der Waals surface area (Å²) in [5, 5.41) is 0. The van der Waals surface area contributed by atoms with E-state index in [1.165, 1.54) is 0 Å². The molecule has 0 saturated carbocycles. The molecule has 0 heterocycles. The second-order valence-corrected chi connectivity index (χ2v) is 3.50. The second-order valence-electron chi connectivity index (χ2n) is 3.50. The lowest BCUT2D eigenvalue weighted by Gasteiger charge is -2.21. The Kier molecular flexibility index (Phi) is 3.18. The molecule has 0 aliphatic rings. The summed E-state index contributed by atoms with van der Waals surface area (Å²) < 4.78 is 0.930. The van der Waals surface area contributed by atoms with Crippen molar-refractivity contribution in [3.8, 4) is 12.3 Å². The summed E-state index contributed by atoms with van der Waals surface area (Å²) in [5.74, 6) is 2.59. The van der Waals surface area contributed by atoms with E-state index >= 15 is 0 Å². The van der Waals surface area contributed by atoms with E-state index in [0.29, 0.717) is 0 Å². The lowest BCUT2D eigenvalue weighted by Crippen LogP contribution is -2.34. The Morgan fingerprint density at radius 3 is 2.30 bits per heavy atom. The molecular formula is C9H16N+. The molecule has 0 unspecified atom stereocenters. The number of allylic oxidation sites excluding steroid dienone is 1. The average Bonchev–Trinajstić information content (AvgIpc) is 1.81. The zero-order valence-electron chi connectivity index (χ0n) is 7.31. The van der Waals surface area contributed by atoms with Gasteiger partial charge in [-0.25, -0.2) is 0 Å². The maximum Gasteiger partial charge on any atom is 0.0979 e. The molecule has 0 saturated heterocycles. The largest absolute Gasteiger partial charge is 0.328 e. The second kappa shape index (κ2) is 3.43. The van der Waals surface area contributed by atoms with Crippen LogP contribution in [-0.2, 0) is 0 Å². The van der Waals surface area contributed by atoms with Crippen LogP contribution in [0.2, 0.25) is 0 Å². The quantitative estimate of drug-likeness (QED) is 0.398. The fraction of sp³-hybridized carbons (Fsp3) is 0.556. The van der Waals surface area contributed by atoms with Crippen LogP contribution in [0.1, 0.15) is 6.92 Å². The lowest BCUT2D eigenvalue weighted by molar-refractivity contribution is -0.864. The van der Waals surface area contributed by atoms with Crippen molar-refractivity contribution in [1.82, 2.24) is 0 Å². The first-order valence-corrected chi connectivity index (χ1v) is 3.39. The van der Waals surface area contributed by atoms with E-state index in [0.717, 1.165) is 16.6 Å². The molecule has 0 radical (unpaired) electrons. The Balaban J connectivity index is 3.88. The molecule has 0 rings (SSSR count). The van der Waals surface area contributed by atoms with Gasteiger partial charge >= 0.3 is 0 Å². The van der Waals surface area contributed by atoms with Crippen molar-refractivity contribution >= 4 is 0 Å². The number of likely N-dealkylation sites (N-methyl/N-ethyl adjacent to an activating group) is 1. The fourth-order valence-corrected chi connectivity index (χ4v) is 0.470. The molecular weight excluding hydrogens is 122 g/mol. The van der Waals surface area contributed by atoms with E-state index in [2.05, 4.69) is 33.1 Å². The highest BCUT2D eigenvalue weighted by Gasteiger charge is 2.01. The predicted octanol–water partition coefficient (Wildman–Crippen LogP) is 1.27. The third-order valence-corrected chi connectivity index (χ3v) is 1.17. The lowest BCUT2D eigenvalue weighted by atomic mass is 10.3. The Morgan fingerprint density at radius 2 is 2.00 bits per heavy atom. The molecule has 0 aliphatic carbocycles. The van der Waals surface area contributed by atoms with Gasteiger partial charge in [-0.15, -0.1) is 6.42 Å². The molecule has 56 valence electrons. The minimum Gasteiger partial charge on any atom is -0.328 e. The summed E-state index contributed by atoms with van der Waals surface area (Å²) >= 11 is 0. The van der Waals surface area contributed by atoms with Crippen molar-refractivity contribution < 1.29 is 4.48 Å². The topological polar surface area (TPSA) is 0 Å². The zero-order chi connectivity index (χ0) is 8.20. The number of nitrogens with zero attached hydrogens (tertiary/aromatic N) is 1. The summed E-state index contributed by atoms with van der Waals surface area (Å²) in [6.45, 7) is 2.95. The van der Waals surface area contributed by atoms with Crippen LogP contribution < -0.4 is 0 Å². The molecule has 1 heteroatoms. The molecule has 0 aromatic rings. The van der Waals surface area contributed by atoms with Gasteiger partial charge in [-0.05, 0) is 13.0 Å². The minimum absolute atomic E-state index is 0.930. The van der Waals surface area contributed by atoms with Gasteiger partial charge in [0, 0.05) is 5.57 Å². The molecule has 0 atom stereocenters. The summed E-state index contributed by atoms with van der Waals surface area (Å²) in [6, 6.07) is 0. The minimum atomic E-state index is 0.930. The van der Waals surface area contributed by atoms with Crippen molar-refractivity contribution in [2.24, 2.45) is 0 Å². The normalized spacial score (nSPS) is 12.9. The monoisotopic (exact) mass is 138 g/mol. The van der Waals surface area contributed by atoms with Gasteiger partial charge in [0.2, 0.25) is 0 Å². The number of rotatable bonds is 2. The molecule has 1 nitrogen and oxygen atoms in total. The standard InChI is InChI=1S/C9H16N/c1-6-9(2)7-8-10(3,4)5/h1,7H,8H2,2-5H3/q+1/b9-7-. The predicted molar refractivity (Wildman–Crippen MR) is 45.5 cm³/mol. The van der Waals surface area contributed by atoms with Gasteiger partial charge in [-0.1, -0.05) is 5.92 Å². The van der Waals surface area contributed by atoms with E-state index < -0.39 is 0 Å². The van der Waals surface area contributed by atoms with Crippen molar-refractivity contribution in [2.45, 2.75) is 6.92 Å². The molecule has 0 aromatic carbocycles. The Morgan fingerprint density at radius 1 is 1.50 bits per heavy atom. The smallest absolute Gasteiger partial charge is 0.0979 e. The molecule has 0 bridgehead atoms. The van der Waals surface area contributed by atoms with Crippen molar-refractivity contribution in [3.05, 3.63) is 11.6 Å². The molecule has 0 aliphatic heterocycles. The van der Waals surface area contributed by atoms with E-state index in [9.17, 15) is 0 Å². The Hall–Kier alpha value is -0.740. The highest BCUT2D eigenvalue weighted by atomic mass is 15.3. The average molecular weight is 138 g/mol. The molecule has 0 aromatic heterocycles. The first-order valence-electron chi connectivity index (χ1n) is 3.39. The summed E-state index contributed by atoms with van der Waals surface area (Å²) in [7, 11) is 6.42. The van der Waals surface area contributed by atoms with Gasteiger partial charge in [0.15, 0.2) is 0 Å². The summed E-state index contributed by atoms with van der Waals surface area (Å²) in [5.41, 5.74) is 1.02. The van der Waals surface area contributed by atoms with E-state index in [-0.39, 0.29) is 0 Å². The maximum atomic E-state index is 5.18. The number of hydrogen-bond acceptors (Lipinski definition) is 0. The molecule has 0 fully saturated rings. The highest BCUT2D eigenvalue weighted by molar-refractivity contribution is 5.22.